The van der Waals surface area contributed by atoms with Crippen LogP contribution in [0.1, 0.15) is 33.1 Å². The van der Waals surface area contributed by atoms with Gasteiger partial charge in [0.05, 0.1) is 5.92 Å². The zero-order chi connectivity index (χ0) is 14.0. The molecule has 2 atom stereocenters. The number of nitrogens with zero attached hydrogens (tertiary/aromatic N) is 2. The van der Waals surface area contributed by atoms with E-state index in [-0.39, 0.29) is 11.9 Å². The van der Waals surface area contributed by atoms with E-state index in [9.17, 15) is 9.59 Å². The number of carbonyl (C=O) groups excluding carboxylic acids is 1. The summed E-state index contributed by atoms with van der Waals surface area (Å²) >= 11 is 0. The third-order valence-electron chi connectivity index (χ3n) is 4.66. The normalized spacial score (nSPS) is 28.7. The predicted molar refractivity (Wildman–Crippen MR) is 71.8 cm³/mol. The van der Waals surface area contributed by atoms with Crippen LogP contribution in [0.15, 0.2) is 0 Å². The molecule has 108 valence electrons. The predicted octanol–water partition coefficient (Wildman–Crippen LogP) is 1.88. The smallest absolute Gasteiger partial charge is 0.320 e. The van der Waals surface area contributed by atoms with Gasteiger partial charge >= 0.3 is 12.0 Å². The first-order valence-corrected chi connectivity index (χ1v) is 7.29. The minimum absolute atomic E-state index is 0.0325. The van der Waals surface area contributed by atoms with Crippen LogP contribution < -0.4 is 0 Å². The summed E-state index contributed by atoms with van der Waals surface area (Å²) in [6.45, 7) is 6.68. The third-order valence-corrected chi connectivity index (χ3v) is 4.66. The molecule has 1 N–H and O–H groups in total. The van der Waals surface area contributed by atoms with Crippen molar-refractivity contribution in [2.75, 3.05) is 26.2 Å². The molecule has 0 bridgehead atoms. The van der Waals surface area contributed by atoms with Gasteiger partial charge in [0.1, 0.15) is 0 Å². The molecule has 0 spiro atoms. The van der Waals surface area contributed by atoms with Gasteiger partial charge in [-0.05, 0) is 24.7 Å². The Morgan fingerprint density at radius 1 is 1.16 bits per heavy atom. The van der Waals surface area contributed by atoms with Crippen LogP contribution in [0.3, 0.4) is 0 Å². The summed E-state index contributed by atoms with van der Waals surface area (Å²) in [4.78, 5) is 27.1. The van der Waals surface area contributed by atoms with Crippen molar-refractivity contribution in [2.45, 2.75) is 33.1 Å². The molecular formula is C14H24N2O3. The number of piperidine rings is 1. The first-order valence-electron chi connectivity index (χ1n) is 7.29. The summed E-state index contributed by atoms with van der Waals surface area (Å²) in [5, 5.41) is 9.11. The number of hydrogen-bond acceptors (Lipinski definition) is 2. The number of rotatable bonds is 2. The molecule has 2 fully saturated rings. The summed E-state index contributed by atoms with van der Waals surface area (Å²) in [6.07, 6.45) is 3.34. The van der Waals surface area contributed by atoms with E-state index in [4.69, 9.17) is 5.11 Å². The molecule has 2 saturated heterocycles. The second-order valence-electron chi connectivity index (χ2n) is 5.95. The van der Waals surface area contributed by atoms with E-state index in [2.05, 4.69) is 6.92 Å². The average Bonchev–Trinajstić information content (AvgIpc) is 2.80. The maximum Gasteiger partial charge on any atom is 0.320 e. The molecule has 5 nitrogen and oxygen atoms in total. The van der Waals surface area contributed by atoms with Crippen LogP contribution in [-0.4, -0.2) is 53.1 Å². The lowest BCUT2D eigenvalue weighted by atomic mass is 9.95. The number of aliphatic carboxylic acids is 1. The van der Waals surface area contributed by atoms with Gasteiger partial charge in [-0.1, -0.05) is 20.3 Å². The second kappa shape index (κ2) is 5.80. The SMILES string of the molecule is CCC1CCN(C(=O)N2CC(C)C(C(=O)O)C2)CC1. The molecule has 0 aromatic carbocycles. The summed E-state index contributed by atoms with van der Waals surface area (Å²) in [6, 6.07) is 0.0325. The second-order valence-corrected chi connectivity index (χ2v) is 5.95. The fourth-order valence-corrected chi connectivity index (χ4v) is 3.18. The van der Waals surface area contributed by atoms with Crippen molar-refractivity contribution in [3.05, 3.63) is 0 Å². The quantitative estimate of drug-likeness (QED) is 0.832. The Kier molecular flexibility index (Phi) is 4.32. The van der Waals surface area contributed by atoms with Crippen LogP contribution >= 0.6 is 0 Å². The molecule has 2 amide bonds. The van der Waals surface area contributed by atoms with Crippen LogP contribution in [-0.2, 0) is 4.79 Å². The molecule has 0 saturated carbocycles. The maximum absolute atomic E-state index is 12.4. The van der Waals surface area contributed by atoms with E-state index < -0.39 is 11.9 Å². The molecule has 2 heterocycles. The molecule has 0 aromatic rings. The van der Waals surface area contributed by atoms with Crippen LogP contribution in [0.4, 0.5) is 4.79 Å². The van der Waals surface area contributed by atoms with Crippen LogP contribution in [0, 0.1) is 17.8 Å². The minimum Gasteiger partial charge on any atom is -0.481 e. The van der Waals surface area contributed by atoms with Crippen molar-refractivity contribution < 1.29 is 14.7 Å². The summed E-state index contributed by atoms with van der Waals surface area (Å²) in [7, 11) is 0. The molecule has 5 heteroatoms. The minimum atomic E-state index is -0.785. The van der Waals surface area contributed by atoms with E-state index >= 15 is 0 Å². The lowest BCUT2D eigenvalue weighted by Gasteiger charge is -2.34. The van der Waals surface area contributed by atoms with Crippen molar-refractivity contribution in [1.82, 2.24) is 9.80 Å². The summed E-state index contributed by atoms with van der Waals surface area (Å²) < 4.78 is 0. The van der Waals surface area contributed by atoms with Crippen molar-refractivity contribution in [2.24, 2.45) is 17.8 Å². The van der Waals surface area contributed by atoms with Crippen LogP contribution in [0.5, 0.6) is 0 Å². The van der Waals surface area contributed by atoms with Crippen molar-refractivity contribution in [3.8, 4) is 0 Å². The van der Waals surface area contributed by atoms with Gasteiger partial charge in [0, 0.05) is 26.2 Å². The van der Waals surface area contributed by atoms with Gasteiger partial charge < -0.3 is 14.9 Å². The zero-order valence-electron chi connectivity index (χ0n) is 11.8. The van der Waals surface area contributed by atoms with Gasteiger partial charge in [0.25, 0.3) is 0 Å². The molecule has 19 heavy (non-hydrogen) atoms. The highest BCUT2D eigenvalue weighted by Gasteiger charge is 2.38. The molecule has 2 unspecified atom stereocenters. The Morgan fingerprint density at radius 3 is 2.26 bits per heavy atom. The molecule has 2 rings (SSSR count). The Morgan fingerprint density at radius 2 is 1.79 bits per heavy atom. The number of carboxylic acid groups (broad SMARTS) is 1. The maximum atomic E-state index is 12.4. The Hall–Kier alpha value is -1.26. The number of amides is 2. The lowest BCUT2D eigenvalue weighted by Crippen LogP contribution is -2.46. The lowest BCUT2D eigenvalue weighted by molar-refractivity contribution is -0.142. The number of hydrogen-bond donors (Lipinski definition) is 1. The molecule has 0 aromatic heterocycles. The van der Waals surface area contributed by atoms with Crippen molar-refractivity contribution in [3.63, 3.8) is 0 Å². The highest BCUT2D eigenvalue weighted by atomic mass is 16.4. The van der Waals surface area contributed by atoms with Gasteiger partial charge in [-0.15, -0.1) is 0 Å². The van der Waals surface area contributed by atoms with Gasteiger partial charge in [0.15, 0.2) is 0 Å². The van der Waals surface area contributed by atoms with E-state index in [0.29, 0.717) is 13.1 Å². The molecular weight excluding hydrogens is 244 g/mol. The summed E-state index contributed by atoms with van der Waals surface area (Å²) in [5.41, 5.74) is 0. The third kappa shape index (κ3) is 3.01. The number of likely N-dealkylation sites (tertiary alicyclic amines) is 2. The van der Waals surface area contributed by atoms with E-state index in [1.807, 2.05) is 11.8 Å². The number of carbonyl (C=O) groups is 2. The van der Waals surface area contributed by atoms with Gasteiger partial charge in [-0.2, -0.15) is 0 Å². The Labute approximate surface area is 114 Å². The van der Waals surface area contributed by atoms with Crippen molar-refractivity contribution in [1.29, 1.82) is 0 Å². The summed E-state index contributed by atoms with van der Waals surface area (Å²) in [5.74, 6) is -0.396. The first-order chi connectivity index (χ1) is 9.02. The topological polar surface area (TPSA) is 60.9 Å². The average molecular weight is 268 g/mol. The van der Waals surface area contributed by atoms with E-state index in [1.165, 1.54) is 6.42 Å². The van der Waals surface area contributed by atoms with E-state index in [0.717, 1.165) is 31.8 Å². The number of carboxylic acids is 1. The van der Waals surface area contributed by atoms with E-state index in [1.54, 1.807) is 4.90 Å². The fourth-order valence-electron chi connectivity index (χ4n) is 3.18. The van der Waals surface area contributed by atoms with Crippen LogP contribution in [0.2, 0.25) is 0 Å². The highest BCUT2D eigenvalue weighted by Crippen LogP contribution is 2.26. The largest absolute Gasteiger partial charge is 0.481 e. The Balaban J connectivity index is 1.89. The van der Waals surface area contributed by atoms with Gasteiger partial charge in [0.2, 0.25) is 0 Å². The first kappa shape index (κ1) is 14.2. The molecule has 0 aliphatic carbocycles. The monoisotopic (exact) mass is 268 g/mol. The van der Waals surface area contributed by atoms with Gasteiger partial charge in [-0.3, -0.25) is 4.79 Å². The number of urea groups is 1. The fraction of sp³-hybridized carbons (Fsp3) is 0.857. The van der Waals surface area contributed by atoms with Gasteiger partial charge in [-0.25, -0.2) is 4.79 Å². The van der Waals surface area contributed by atoms with Crippen LogP contribution in [0.25, 0.3) is 0 Å². The van der Waals surface area contributed by atoms with Crippen molar-refractivity contribution >= 4 is 12.0 Å². The molecule has 2 aliphatic rings. The zero-order valence-corrected chi connectivity index (χ0v) is 11.8. The molecule has 2 aliphatic heterocycles. The Bertz CT molecular complexity index is 351. The standard InChI is InChI=1S/C14H24N2O3/c1-3-11-4-6-15(7-5-11)14(19)16-8-10(2)12(9-16)13(17)18/h10-12H,3-9H2,1-2H3,(H,17,18). The highest BCUT2D eigenvalue weighted by molar-refractivity contribution is 5.77. The molecule has 0 radical (unpaired) electrons.